The van der Waals surface area contributed by atoms with Crippen molar-refractivity contribution in [2.24, 2.45) is 10.9 Å². The minimum Gasteiger partial charge on any atom is -0.444 e. The van der Waals surface area contributed by atoms with Crippen LogP contribution in [0.2, 0.25) is 0 Å². The monoisotopic (exact) mass is 355 g/mol. The van der Waals surface area contributed by atoms with Gasteiger partial charge in [0.2, 0.25) is 0 Å². The molecule has 2 N–H and O–H groups in total. The van der Waals surface area contributed by atoms with Crippen LogP contribution in [0.1, 0.15) is 41.5 Å². The normalized spacial score (nSPS) is 22.2. The third-order valence-corrected chi connectivity index (χ3v) is 4.36. The van der Waals surface area contributed by atoms with Crippen molar-refractivity contribution in [1.82, 2.24) is 20.4 Å². The van der Waals surface area contributed by atoms with Gasteiger partial charge in [-0.05, 0) is 40.5 Å². The van der Waals surface area contributed by atoms with E-state index in [1.54, 1.807) is 19.0 Å². The molecule has 1 fully saturated rings. The molecule has 1 saturated heterocycles. The van der Waals surface area contributed by atoms with Crippen LogP contribution in [0.3, 0.4) is 0 Å². The minimum absolute atomic E-state index is 0.311. The van der Waals surface area contributed by atoms with Crippen molar-refractivity contribution >= 4 is 12.1 Å². The maximum absolute atomic E-state index is 12.0. The molecule has 1 heterocycles. The fourth-order valence-electron chi connectivity index (χ4n) is 2.76. The number of likely N-dealkylation sites (N-methyl/N-ethyl adjacent to an activating group) is 1. The lowest BCUT2D eigenvalue weighted by molar-refractivity contribution is 0.0302. The van der Waals surface area contributed by atoms with Crippen LogP contribution in [-0.4, -0.2) is 79.8 Å². The van der Waals surface area contributed by atoms with E-state index in [0.29, 0.717) is 31.1 Å². The highest BCUT2D eigenvalue weighted by Crippen LogP contribution is 2.18. The molecule has 0 radical (unpaired) electrons. The molecule has 0 saturated carbocycles. The van der Waals surface area contributed by atoms with Gasteiger partial charge >= 0.3 is 6.09 Å². The molecule has 25 heavy (non-hydrogen) atoms. The summed E-state index contributed by atoms with van der Waals surface area (Å²) in [7, 11) is 3.51. The number of likely N-dealkylation sites (tertiary alicyclic amines) is 1. The molecular formula is C18H37N5O2. The Bertz CT molecular complexity index is 459. The number of hydrogen-bond donors (Lipinski definition) is 2. The van der Waals surface area contributed by atoms with Crippen molar-refractivity contribution in [1.29, 1.82) is 0 Å². The van der Waals surface area contributed by atoms with Gasteiger partial charge in [-0.15, -0.1) is 0 Å². The molecule has 1 amide bonds. The van der Waals surface area contributed by atoms with Crippen molar-refractivity contribution < 1.29 is 9.53 Å². The summed E-state index contributed by atoms with van der Waals surface area (Å²) in [5, 5.41) is 6.78. The summed E-state index contributed by atoms with van der Waals surface area (Å²) in [6.45, 7) is 15.6. The molecule has 2 atom stereocenters. The third kappa shape index (κ3) is 7.50. The van der Waals surface area contributed by atoms with Crippen LogP contribution in [0.15, 0.2) is 4.99 Å². The zero-order valence-electron chi connectivity index (χ0n) is 17.2. The van der Waals surface area contributed by atoms with Gasteiger partial charge in [0.25, 0.3) is 0 Å². The molecular weight excluding hydrogens is 318 g/mol. The second-order valence-electron chi connectivity index (χ2n) is 8.18. The number of aliphatic imine (C=N–C) groups is 1. The van der Waals surface area contributed by atoms with E-state index in [1.165, 1.54) is 0 Å². The van der Waals surface area contributed by atoms with Crippen LogP contribution in [0, 0.1) is 5.92 Å². The van der Waals surface area contributed by atoms with E-state index >= 15 is 0 Å². The van der Waals surface area contributed by atoms with E-state index in [1.807, 2.05) is 20.8 Å². The van der Waals surface area contributed by atoms with Crippen LogP contribution < -0.4 is 10.6 Å². The lowest BCUT2D eigenvalue weighted by Crippen LogP contribution is -2.48. The number of nitrogens with one attached hydrogen (secondary N) is 2. The van der Waals surface area contributed by atoms with E-state index in [4.69, 9.17) is 4.74 Å². The summed E-state index contributed by atoms with van der Waals surface area (Å²) in [6.07, 6.45) is -0.311. The maximum Gasteiger partial charge on any atom is 0.410 e. The Morgan fingerprint density at radius 3 is 2.48 bits per heavy atom. The van der Waals surface area contributed by atoms with E-state index in [9.17, 15) is 4.79 Å². The average molecular weight is 356 g/mol. The predicted octanol–water partition coefficient (Wildman–Crippen LogP) is 1.75. The van der Waals surface area contributed by atoms with Gasteiger partial charge in [-0.3, -0.25) is 9.89 Å². The molecule has 146 valence electrons. The first-order valence-corrected chi connectivity index (χ1v) is 9.19. The molecule has 7 heteroatoms. The highest BCUT2D eigenvalue weighted by Gasteiger charge is 2.31. The molecule has 0 aliphatic carbocycles. The van der Waals surface area contributed by atoms with Gasteiger partial charge in [-0.25, -0.2) is 4.79 Å². The van der Waals surface area contributed by atoms with Crippen LogP contribution >= 0.6 is 0 Å². The SMILES string of the molecule is CN=C(NCCN(C)C(=O)OC(C)(C)C)NC1CN(C(C)C)CC1C. The molecule has 0 aromatic rings. The van der Waals surface area contributed by atoms with Gasteiger partial charge < -0.3 is 20.3 Å². The summed E-state index contributed by atoms with van der Waals surface area (Å²) in [4.78, 5) is 20.3. The standard InChI is InChI=1S/C18H37N5O2/c1-13(2)23-11-14(3)15(12-23)21-16(19-7)20-9-10-22(8)17(24)25-18(4,5)6/h13-15H,9-12H2,1-8H3,(H2,19,20,21). The molecule has 1 aliphatic rings. The molecule has 0 spiro atoms. The number of rotatable bonds is 5. The molecule has 1 aliphatic heterocycles. The van der Waals surface area contributed by atoms with Gasteiger partial charge in [0.1, 0.15) is 5.60 Å². The van der Waals surface area contributed by atoms with E-state index in [-0.39, 0.29) is 6.09 Å². The molecule has 0 bridgehead atoms. The number of carbonyl (C=O) groups is 1. The predicted molar refractivity (Wildman–Crippen MR) is 103 cm³/mol. The van der Waals surface area contributed by atoms with E-state index in [2.05, 4.69) is 41.3 Å². The summed E-state index contributed by atoms with van der Waals surface area (Å²) in [5.41, 5.74) is -0.475. The number of ether oxygens (including phenoxy) is 1. The van der Waals surface area contributed by atoms with Crippen molar-refractivity contribution in [2.45, 2.75) is 59.2 Å². The van der Waals surface area contributed by atoms with Crippen molar-refractivity contribution in [2.75, 3.05) is 40.3 Å². The summed E-state index contributed by atoms with van der Waals surface area (Å²) < 4.78 is 5.35. The van der Waals surface area contributed by atoms with Gasteiger partial charge in [-0.2, -0.15) is 0 Å². The number of amides is 1. The van der Waals surface area contributed by atoms with Crippen LogP contribution in [-0.2, 0) is 4.74 Å². The zero-order chi connectivity index (χ0) is 19.2. The Hall–Kier alpha value is -1.50. The van der Waals surface area contributed by atoms with Gasteiger partial charge in [0.15, 0.2) is 5.96 Å². The molecule has 1 rings (SSSR count). The molecule has 0 aromatic carbocycles. The van der Waals surface area contributed by atoms with E-state index < -0.39 is 5.60 Å². The summed E-state index contributed by atoms with van der Waals surface area (Å²) in [5.74, 6) is 1.35. The van der Waals surface area contributed by atoms with Gasteiger partial charge in [0.05, 0.1) is 0 Å². The topological polar surface area (TPSA) is 69.2 Å². The summed E-state index contributed by atoms with van der Waals surface area (Å²) in [6, 6.07) is 0.948. The lowest BCUT2D eigenvalue weighted by atomic mass is 10.1. The second-order valence-corrected chi connectivity index (χ2v) is 8.18. The highest BCUT2D eigenvalue weighted by molar-refractivity contribution is 5.80. The Labute approximate surface area is 153 Å². The first kappa shape index (κ1) is 21.5. The van der Waals surface area contributed by atoms with Crippen molar-refractivity contribution in [3.05, 3.63) is 0 Å². The Morgan fingerprint density at radius 2 is 2.00 bits per heavy atom. The number of guanidine groups is 1. The van der Waals surface area contributed by atoms with Crippen molar-refractivity contribution in [3.63, 3.8) is 0 Å². The quantitative estimate of drug-likeness (QED) is 0.581. The van der Waals surface area contributed by atoms with Gasteiger partial charge in [-0.1, -0.05) is 6.92 Å². The average Bonchev–Trinajstić information content (AvgIpc) is 2.85. The Kier molecular flexibility index (Phi) is 7.99. The number of hydrogen-bond acceptors (Lipinski definition) is 4. The number of carbonyl (C=O) groups excluding carboxylic acids is 1. The lowest BCUT2D eigenvalue weighted by Gasteiger charge is -2.25. The van der Waals surface area contributed by atoms with Crippen molar-refractivity contribution in [3.8, 4) is 0 Å². The van der Waals surface area contributed by atoms with Gasteiger partial charge in [0, 0.05) is 52.4 Å². The van der Waals surface area contributed by atoms with Crippen LogP contribution in [0.25, 0.3) is 0 Å². The third-order valence-electron chi connectivity index (χ3n) is 4.36. The first-order valence-electron chi connectivity index (χ1n) is 9.19. The zero-order valence-corrected chi connectivity index (χ0v) is 17.2. The molecule has 2 unspecified atom stereocenters. The minimum atomic E-state index is -0.475. The smallest absolute Gasteiger partial charge is 0.410 e. The maximum atomic E-state index is 12.0. The second kappa shape index (κ2) is 9.27. The first-order chi connectivity index (χ1) is 11.5. The van der Waals surface area contributed by atoms with Crippen LogP contribution in [0.4, 0.5) is 4.79 Å². The fourth-order valence-corrected chi connectivity index (χ4v) is 2.76. The molecule has 0 aromatic heterocycles. The Balaban J connectivity index is 2.39. The Morgan fingerprint density at radius 1 is 1.36 bits per heavy atom. The number of nitrogens with zero attached hydrogens (tertiary/aromatic N) is 3. The van der Waals surface area contributed by atoms with Crippen LogP contribution in [0.5, 0.6) is 0 Å². The summed E-state index contributed by atoms with van der Waals surface area (Å²) >= 11 is 0. The molecule has 7 nitrogen and oxygen atoms in total. The van der Waals surface area contributed by atoms with E-state index in [0.717, 1.165) is 19.0 Å². The highest BCUT2D eigenvalue weighted by atomic mass is 16.6. The fraction of sp³-hybridized carbons (Fsp3) is 0.889. The largest absolute Gasteiger partial charge is 0.444 e.